The highest BCUT2D eigenvalue weighted by Crippen LogP contribution is 2.23. The van der Waals surface area contributed by atoms with Crippen LogP contribution in [0.5, 0.6) is 0 Å². The van der Waals surface area contributed by atoms with Crippen LogP contribution in [0, 0.1) is 0 Å². The number of hydrogen-bond acceptors (Lipinski definition) is 3. The molecule has 0 aliphatic heterocycles. The van der Waals surface area contributed by atoms with Gasteiger partial charge >= 0.3 is 0 Å². The maximum Gasteiger partial charge on any atom is 0.252 e. The van der Waals surface area contributed by atoms with Gasteiger partial charge in [0.1, 0.15) is 11.8 Å². The summed E-state index contributed by atoms with van der Waals surface area (Å²) in [6.07, 6.45) is 5.18. The van der Waals surface area contributed by atoms with Gasteiger partial charge in [0.2, 0.25) is 0 Å². The Labute approximate surface area is 150 Å². The van der Waals surface area contributed by atoms with Crippen molar-refractivity contribution in [2.75, 3.05) is 0 Å². The largest absolute Gasteiger partial charge is 0.467 e. The predicted octanol–water partition coefficient (Wildman–Crippen LogP) is 3.98. The Morgan fingerprint density at radius 1 is 0.962 bits per heavy atom. The van der Waals surface area contributed by atoms with Crippen LogP contribution in [0.15, 0.2) is 95.9 Å². The Bertz CT molecular complexity index is 960. The normalized spacial score (nSPS) is 11.8. The summed E-state index contributed by atoms with van der Waals surface area (Å²) in [5, 5.41) is 7.24. The highest BCUT2D eigenvalue weighted by molar-refractivity contribution is 5.94. The third kappa shape index (κ3) is 3.28. The van der Waals surface area contributed by atoms with Crippen molar-refractivity contribution in [3.05, 3.63) is 108 Å². The van der Waals surface area contributed by atoms with Gasteiger partial charge < -0.3 is 9.73 Å². The molecule has 4 rings (SSSR count). The van der Waals surface area contributed by atoms with E-state index < -0.39 is 0 Å². The van der Waals surface area contributed by atoms with Crippen molar-refractivity contribution in [1.29, 1.82) is 0 Å². The Balaban J connectivity index is 1.57. The fourth-order valence-electron chi connectivity index (χ4n) is 2.82. The smallest absolute Gasteiger partial charge is 0.252 e. The number of carbonyl (C=O) groups excluding carboxylic acids is 1. The molecule has 1 amide bonds. The van der Waals surface area contributed by atoms with Crippen molar-refractivity contribution in [1.82, 2.24) is 15.1 Å². The molecule has 1 unspecified atom stereocenters. The maximum absolute atomic E-state index is 12.7. The van der Waals surface area contributed by atoms with Gasteiger partial charge in [-0.2, -0.15) is 5.10 Å². The van der Waals surface area contributed by atoms with Gasteiger partial charge in [-0.3, -0.25) is 4.79 Å². The molecule has 5 heteroatoms. The highest BCUT2D eigenvalue weighted by Gasteiger charge is 2.20. The van der Waals surface area contributed by atoms with Crippen molar-refractivity contribution in [2.45, 2.75) is 6.04 Å². The van der Waals surface area contributed by atoms with Crippen LogP contribution in [0.25, 0.3) is 5.69 Å². The lowest BCUT2D eigenvalue weighted by molar-refractivity contribution is 0.0939. The molecule has 0 aliphatic carbocycles. The van der Waals surface area contributed by atoms with E-state index in [4.69, 9.17) is 4.42 Å². The van der Waals surface area contributed by atoms with Crippen molar-refractivity contribution >= 4 is 5.91 Å². The predicted molar refractivity (Wildman–Crippen MR) is 98.0 cm³/mol. The summed E-state index contributed by atoms with van der Waals surface area (Å²) in [6, 6.07) is 22.3. The van der Waals surface area contributed by atoms with Crippen molar-refractivity contribution in [3.63, 3.8) is 0 Å². The molecule has 4 aromatic rings. The first-order valence-electron chi connectivity index (χ1n) is 8.30. The van der Waals surface area contributed by atoms with Crippen LogP contribution in [0.1, 0.15) is 27.7 Å². The first kappa shape index (κ1) is 15.9. The molecule has 0 bridgehead atoms. The van der Waals surface area contributed by atoms with E-state index in [0.29, 0.717) is 11.3 Å². The van der Waals surface area contributed by atoms with Crippen molar-refractivity contribution < 1.29 is 9.21 Å². The lowest BCUT2D eigenvalue weighted by atomic mass is 10.0. The van der Waals surface area contributed by atoms with E-state index >= 15 is 0 Å². The molecule has 1 atom stereocenters. The minimum atomic E-state index is -0.343. The second kappa shape index (κ2) is 7.11. The SMILES string of the molecule is O=C(NC(c1ccccc1)c1ccco1)c1ccc(-n2cccn2)cc1. The number of carbonyl (C=O) groups is 1. The minimum absolute atomic E-state index is 0.165. The zero-order valence-corrected chi connectivity index (χ0v) is 13.9. The van der Waals surface area contributed by atoms with Gasteiger partial charge in [-0.1, -0.05) is 30.3 Å². The Morgan fingerprint density at radius 3 is 2.42 bits per heavy atom. The van der Waals surface area contributed by atoms with Gasteiger partial charge in [0.05, 0.1) is 12.0 Å². The molecule has 0 aliphatic rings. The average molecular weight is 343 g/mol. The van der Waals surface area contributed by atoms with E-state index in [9.17, 15) is 4.79 Å². The summed E-state index contributed by atoms with van der Waals surface area (Å²) >= 11 is 0. The number of benzene rings is 2. The fraction of sp³-hybridized carbons (Fsp3) is 0.0476. The topological polar surface area (TPSA) is 60.1 Å². The fourth-order valence-corrected chi connectivity index (χ4v) is 2.82. The van der Waals surface area contributed by atoms with Crippen LogP contribution in [0.4, 0.5) is 0 Å². The Kier molecular flexibility index (Phi) is 4.35. The minimum Gasteiger partial charge on any atom is -0.467 e. The lowest BCUT2D eigenvalue weighted by Crippen LogP contribution is -2.29. The summed E-state index contributed by atoms with van der Waals surface area (Å²) in [5.74, 6) is 0.528. The summed E-state index contributed by atoms with van der Waals surface area (Å²) in [4.78, 5) is 12.7. The van der Waals surface area contributed by atoms with E-state index in [1.165, 1.54) is 0 Å². The van der Waals surface area contributed by atoms with Crippen LogP contribution in [0.2, 0.25) is 0 Å². The highest BCUT2D eigenvalue weighted by atomic mass is 16.3. The molecule has 2 heterocycles. The van der Waals surface area contributed by atoms with Gasteiger partial charge in [-0.05, 0) is 48.0 Å². The van der Waals surface area contributed by atoms with E-state index in [0.717, 1.165) is 11.3 Å². The standard InChI is InChI=1S/C21H17N3O2/c25-21(17-9-11-18(12-10-17)24-14-5-13-22-24)23-20(19-8-4-15-26-19)16-6-2-1-3-7-16/h1-15,20H,(H,23,25). The van der Waals surface area contributed by atoms with Gasteiger partial charge in [0, 0.05) is 18.0 Å². The summed E-state index contributed by atoms with van der Waals surface area (Å²) in [7, 11) is 0. The van der Waals surface area contributed by atoms with Gasteiger partial charge in [-0.25, -0.2) is 4.68 Å². The number of aromatic nitrogens is 2. The van der Waals surface area contributed by atoms with Crippen LogP contribution in [0.3, 0.4) is 0 Å². The zero-order chi connectivity index (χ0) is 17.8. The number of rotatable bonds is 5. The number of nitrogens with zero attached hydrogens (tertiary/aromatic N) is 2. The quantitative estimate of drug-likeness (QED) is 0.596. The molecule has 2 aromatic carbocycles. The van der Waals surface area contributed by atoms with Crippen LogP contribution in [-0.2, 0) is 0 Å². The summed E-state index contributed by atoms with van der Waals surface area (Å²) in [6.45, 7) is 0. The van der Waals surface area contributed by atoms with Gasteiger partial charge in [0.15, 0.2) is 0 Å². The molecule has 5 nitrogen and oxygen atoms in total. The average Bonchev–Trinajstić information content (AvgIpc) is 3.41. The zero-order valence-electron chi connectivity index (χ0n) is 13.9. The van der Waals surface area contributed by atoms with Crippen molar-refractivity contribution in [2.24, 2.45) is 0 Å². The van der Waals surface area contributed by atoms with Crippen LogP contribution >= 0.6 is 0 Å². The third-order valence-electron chi connectivity index (χ3n) is 4.13. The molecule has 128 valence electrons. The maximum atomic E-state index is 12.7. The molecule has 0 spiro atoms. The Morgan fingerprint density at radius 2 is 1.77 bits per heavy atom. The molecule has 0 saturated carbocycles. The summed E-state index contributed by atoms with van der Waals surface area (Å²) in [5.41, 5.74) is 2.44. The lowest BCUT2D eigenvalue weighted by Gasteiger charge is -2.17. The molecular weight excluding hydrogens is 326 g/mol. The van der Waals surface area contributed by atoms with Gasteiger partial charge in [0.25, 0.3) is 5.91 Å². The van der Waals surface area contributed by atoms with E-state index in [2.05, 4.69) is 10.4 Å². The Hall–Kier alpha value is -3.60. The number of hydrogen-bond donors (Lipinski definition) is 1. The van der Waals surface area contributed by atoms with E-state index in [1.807, 2.05) is 66.9 Å². The molecule has 1 N–H and O–H groups in total. The van der Waals surface area contributed by atoms with Gasteiger partial charge in [-0.15, -0.1) is 0 Å². The second-order valence-corrected chi connectivity index (χ2v) is 5.83. The number of furan rings is 1. The molecule has 0 saturated heterocycles. The monoisotopic (exact) mass is 343 g/mol. The van der Waals surface area contributed by atoms with E-state index in [-0.39, 0.29) is 11.9 Å². The molecule has 26 heavy (non-hydrogen) atoms. The molecule has 0 radical (unpaired) electrons. The number of nitrogens with one attached hydrogen (secondary N) is 1. The van der Waals surface area contributed by atoms with Crippen molar-refractivity contribution in [3.8, 4) is 5.69 Å². The second-order valence-electron chi connectivity index (χ2n) is 5.83. The van der Waals surface area contributed by atoms with Crippen LogP contribution < -0.4 is 5.32 Å². The molecule has 2 aromatic heterocycles. The summed E-state index contributed by atoms with van der Waals surface area (Å²) < 4.78 is 7.28. The molecule has 0 fully saturated rings. The van der Waals surface area contributed by atoms with E-state index in [1.54, 1.807) is 29.3 Å². The number of amides is 1. The first-order valence-corrected chi connectivity index (χ1v) is 8.30. The molecular formula is C21H17N3O2. The van der Waals surface area contributed by atoms with Crippen LogP contribution in [-0.4, -0.2) is 15.7 Å². The first-order chi connectivity index (χ1) is 12.8. The third-order valence-corrected chi connectivity index (χ3v) is 4.13.